The molecular weight excluding hydrogens is 238 g/mol. The number of carboxylic acids is 1. The van der Waals surface area contributed by atoms with Crippen LogP contribution in [-0.2, 0) is 4.79 Å². The van der Waals surface area contributed by atoms with Crippen LogP contribution in [0.2, 0.25) is 0 Å². The molecule has 0 bridgehead atoms. The summed E-state index contributed by atoms with van der Waals surface area (Å²) < 4.78 is 0. The summed E-state index contributed by atoms with van der Waals surface area (Å²) >= 11 is 0. The van der Waals surface area contributed by atoms with Crippen LogP contribution in [0, 0.1) is 12.8 Å². The van der Waals surface area contributed by atoms with E-state index in [0.29, 0.717) is 12.0 Å². The molecule has 3 heteroatoms. The van der Waals surface area contributed by atoms with Gasteiger partial charge in [-0.1, -0.05) is 38.1 Å². The first-order valence-electron chi connectivity index (χ1n) is 7.03. The number of hydrogen-bond donors (Lipinski definition) is 2. The van der Waals surface area contributed by atoms with Crippen LogP contribution in [0.4, 0.5) is 0 Å². The molecule has 0 aromatic heterocycles. The summed E-state index contributed by atoms with van der Waals surface area (Å²) in [5.41, 5.74) is 2.75. The van der Waals surface area contributed by atoms with Gasteiger partial charge in [-0.05, 0) is 42.7 Å². The Bertz CT molecular complexity index is 450. The topological polar surface area (TPSA) is 49.3 Å². The first kappa shape index (κ1) is 14.1. The molecule has 1 atom stereocenters. The second kappa shape index (κ2) is 5.74. The van der Waals surface area contributed by atoms with Crippen molar-refractivity contribution in [3.8, 4) is 0 Å². The third kappa shape index (κ3) is 3.16. The molecule has 2 N–H and O–H groups in total. The zero-order valence-electron chi connectivity index (χ0n) is 11.9. The number of aliphatic carboxylic acids is 1. The Morgan fingerprint density at radius 1 is 1.32 bits per heavy atom. The van der Waals surface area contributed by atoms with Crippen molar-refractivity contribution in [1.29, 1.82) is 0 Å². The number of aryl methyl sites for hydroxylation is 1. The summed E-state index contributed by atoms with van der Waals surface area (Å²) in [7, 11) is 0. The summed E-state index contributed by atoms with van der Waals surface area (Å²) in [6.45, 7) is 6.04. The van der Waals surface area contributed by atoms with Gasteiger partial charge < -0.3 is 10.4 Å². The second-order valence-corrected chi connectivity index (χ2v) is 5.95. The Morgan fingerprint density at radius 3 is 2.47 bits per heavy atom. The fourth-order valence-electron chi connectivity index (χ4n) is 2.86. The Balaban J connectivity index is 1.90. The second-order valence-electron chi connectivity index (χ2n) is 5.95. The maximum atomic E-state index is 11.2. The summed E-state index contributed by atoms with van der Waals surface area (Å²) in [6, 6.07) is 8.39. The lowest BCUT2D eigenvalue weighted by Crippen LogP contribution is -2.51. The molecule has 0 spiro atoms. The molecule has 1 aliphatic carbocycles. The molecule has 1 aromatic carbocycles. The predicted molar refractivity (Wildman–Crippen MR) is 76.3 cm³/mol. The van der Waals surface area contributed by atoms with Crippen molar-refractivity contribution < 1.29 is 9.90 Å². The minimum atomic E-state index is -0.741. The van der Waals surface area contributed by atoms with Crippen LogP contribution in [-0.4, -0.2) is 23.2 Å². The summed E-state index contributed by atoms with van der Waals surface area (Å²) in [4.78, 5) is 11.2. The highest BCUT2D eigenvalue weighted by atomic mass is 16.4. The van der Waals surface area contributed by atoms with E-state index in [1.165, 1.54) is 11.1 Å². The first-order valence-corrected chi connectivity index (χ1v) is 7.03. The zero-order valence-corrected chi connectivity index (χ0v) is 11.9. The zero-order chi connectivity index (χ0) is 14.0. The van der Waals surface area contributed by atoms with Crippen LogP contribution in [0.3, 0.4) is 0 Å². The van der Waals surface area contributed by atoms with Crippen LogP contribution >= 0.6 is 0 Å². The maximum absolute atomic E-state index is 11.2. The van der Waals surface area contributed by atoms with Crippen molar-refractivity contribution in [2.45, 2.75) is 51.6 Å². The van der Waals surface area contributed by atoms with E-state index < -0.39 is 12.0 Å². The minimum absolute atomic E-state index is 0.120. The summed E-state index contributed by atoms with van der Waals surface area (Å²) in [5, 5.41) is 12.4. The summed E-state index contributed by atoms with van der Waals surface area (Å²) in [5.74, 6) is -0.0374. The Kier molecular flexibility index (Phi) is 4.25. The van der Waals surface area contributed by atoms with Gasteiger partial charge in [0.05, 0.1) is 0 Å². The maximum Gasteiger partial charge on any atom is 0.320 e. The van der Waals surface area contributed by atoms with Gasteiger partial charge in [-0.3, -0.25) is 4.79 Å². The highest BCUT2D eigenvalue weighted by molar-refractivity contribution is 5.73. The molecule has 2 rings (SSSR count). The standard InChI is InChI=1S/C16H23NO2/c1-10(2)15(16(18)19)17-13-8-12(9-13)14-7-5-4-6-11(14)3/h4-7,10,12-13,15,17H,8-9H2,1-3H3,(H,18,19). The van der Waals surface area contributed by atoms with Crippen LogP contribution in [0.25, 0.3) is 0 Å². The van der Waals surface area contributed by atoms with E-state index in [-0.39, 0.29) is 5.92 Å². The fourth-order valence-corrected chi connectivity index (χ4v) is 2.86. The Hall–Kier alpha value is -1.35. The largest absolute Gasteiger partial charge is 0.480 e. The molecule has 0 amide bonds. The lowest BCUT2D eigenvalue weighted by atomic mass is 9.74. The average molecular weight is 261 g/mol. The van der Waals surface area contributed by atoms with Gasteiger partial charge in [-0.15, -0.1) is 0 Å². The van der Waals surface area contributed by atoms with Crippen LogP contribution in [0.15, 0.2) is 24.3 Å². The molecule has 1 aliphatic rings. The summed E-state index contributed by atoms with van der Waals surface area (Å²) in [6.07, 6.45) is 2.09. The molecule has 3 nitrogen and oxygen atoms in total. The first-order chi connectivity index (χ1) is 8.99. The third-order valence-corrected chi connectivity index (χ3v) is 4.11. The van der Waals surface area contributed by atoms with E-state index in [1.54, 1.807) is 0 Å². The van der Waals surface area contributed by atoms with Crippen molar-refractivity contribution in [2.24, 2.45) is 5.92 Å². The Labute approximate surface area is 115 Å². The number of nitrogens with one attached hydrogen (secondary N) is 1. The van der Waals surface area contributed by atoms with Crippen LogP contribution in [0.5, 0.6) is 0 Å². The SMILES string of the molecule is Cc1ccccc1C1CC(NC(C(=O)O)C(C)C)C1. The van der Waals surface area contributed by atoms with Gasteiger partial charge in [0.1, 0.15) is 6.04 Å². The Morgan fingerprint density at radius 2 is 1.95 bits per heavy atom. The van der Waals surface area contributed by atoms with Gasteiger partial charge in [0.15, 0.2) is 0 Å². The van der Waals surface area contributed by atoms with Gasteiger partial charge in [0, 0.05) is 6.04 Å². The third-order valence-electron chi connectivity index (χ3n) is 4.11. The smallest absolute Gasteiger partial charge is 0.320 e. The quantitative estimate of drug-likeness (QED) is 0.856. The van der Waals surface area contributed by atoms with Gasteiger partial charge >= 0.3 is 5.97 Å². The molecule has 0 heterocycles. The molecule has 19 heavy (non-hydrogen) atoms. The number of benzene rings is 1. The van der Waals surface area contributed by atoms with E-state index in [0.717, 1.165) is 12.8 Å². The molecule has 0 saturated heterocycles. The van der Waals surface area contributed by atoms with Crippen LogP contribution in [0.1, 0.15) is 43.7 Å². The lowest BCUT2D eigenvalue weighted by Gasteiger charge is -2.39. The monoisotopic (exact) mass is 261 g/mol. The van der Waals surface area contributed by atoms with Gasteiger partial charge in [-0.2, -0.15) is 0 Å². The molecule has 1 fully saturated rings. The van der Waals surface area contributed by atoms with Gasteiger partial charge in [0.2, 0.25) is 0 Å². The van der Waals surface area contributed by atoms with E-state index in [4.69, 9.17) is 0 Å². The fraction of sp³-hybridized carbons (Fsp3) is 0.562. The number of rotatable bonds is 5. The van der Waals surface area contributed by atoms with Crippen molar-refractivity contribution >= 4 is 5.97 Å². The number of carboxylic acid groups (broad SMARTS) is 1. The molecule has 104 valence electrons. The normalized spacial score (nSPS) is 24.0. The number of carbonyl (C=O) groups is 1. The molecular formula is C16H23NO2. The molecule has 0 aliphatic heterocycles. The highest BCUT2D eigenvalue weighted by Gasteiger charge is 2.34. The van der Waals surface area contributed by atoms with Gasteiger partial charge in [-0.25, -0.2) is 0 Å². The van der Waals surface area contributed by atoms with E-state index in [1.807, 2.05) is 13.8 Å². The molecule has 0 radical (unpaired) electrons. The van der Waals surface area contributed by atoms with Crippen molar-refractivity contribution in [2.75, 3.05) is 0 Å². The van der Waals surface area contributed by atoms with E-state index in [9.17, 15) is 9.90 Å². The van der Waals surface area contributed by atoms with Crippen molar-refractivity contribution in [1.82, 2.24) is 5.32 Å². The minimum Gasteiger partial charge on any atom is -0.480 e. The molecule has 1 aromatic rings. The van der Waals surface area contributed by atoms with Gasteiger partial charge in [0.25, 0.3) is 0 Å². The highest BCUT2D eigenvalue weighted by Crippen LogP contribution is 2.38. The van der Waals surface area contributed by atoms with Crippen LogP contribution < -0.4 is 5.32 Å². The molecule has 1 saturated carbocycles. The molecule has 1 unspecified atom stereocenters. The lowest BCUT2D eigenvalue weighted by molar-refractivity contribution is -0.141. The van der Waals surface area contributed by atoms with E-state index >= 15 is 0 Å². The van der Waals surface area contributed by atoms with Crippen molar-refractivity contribution in [3.63, 3.8) is 0 Å². The number of hydrogen-bond acceptors (Lipinski definition) is 2. The van der Waals surface area contributed by atoms with E-state index in [2.05, 4.69) is 36.5 Å². The predicted octanol–water partition coefficient (Wildman–Crippen LogP) is 2.94. The average Bonchev–Trinajstić information content (AvgIpc) is 2.28. The van der Waals surface area contributed by atoms with Crippen molar-refractivity contribution in [3.05, 3.63) is 35.4 Å².